The SMILES string of the molecule is CCCN1C[C@@H](NC(=O)N(CC)CC)C[C@@H]2c3cc(CC)cc4[nH]c(SC)c(c34)C[C@H]21. The van der Waals surface area contributed by atoms with Crippen LogP contribution < -0.4 is 5.32 Å². The van der Waals surface area contributed by atoms with Crippen LogP contribution in [0.3, 0.4) is 0 Å². The highest BCUT2D eigenvalue weighted by molar-refractivity contribution is 7.98. The zero-order chi connectivity index (χ0) is 22.1. The largest absolute Gasteiger partial charge is 0.349 e. The first-order valence-electron chi connectivity index (χ1n) is 12.0. The molecule has 2 aliphatic rings. The number of benzene rings is 1. The summed E-state index contributed by atoms with van der Waals surface area (Å²) in [5.41, 5.74) is 5.71. The number of carbonyl (C=O) groups is 1. The monoisotopic (exact) mass is 442 g/mol. The van der Waals surface area contributed by atoms with Crippen molar-refractivity contribution >= 4 is 28.7 Å². The normalized spacial score (nSPS) is 23.1. The smallest absolute Gasteiger partial charge is 0.317 e. The summed E-state index contributed by atoms with van der Waals surface area (Å²) in [6.07, 6.45) is 6.50. The van der Waals surface area contributed by atoms with Crippen molar-refractivity contribution in [2.75, 3.05) is 32.4 Å². The van der Waals surface area contributed by atoms with Gasteiger partial charge in [-0.05, 0) is 75.1 Å². The Morgan fingerprint density at radius 1 is 1.26 bits per heavy atom. The van der Waals surface area contributed by atoms with Crippen molar-refractivity contribution in [3.05, 3.63) is 28.8 Å². The highest BCUT2D eigenvalue weighted by Crippen LogP contribution is 2.46. The number of hydrogen-bond donors (Lipinski definition) is 2. The number of H-pyrrole nitrogens is 1. The Bertz CT molecular complexity index is 935. The molecule has 4 rings (SSSR count). The highest BCUT2D eigenvalue weighted by Gasteiger charge is 2.42. The number of amides is 2. The van der Waals surface area contributed by atoms with Crippen LogP contribution in [0.2, 0.25) is 0 Å². The fourth-order valence-corrected chi connectivity index (χ4v) is 6.43. The maximum absolute atomic E-state index is 12.8. The molecule has 0 bridgehead atoms. The number of urea groups is 1. The first kappa shape index (κ1) is 22.5. The van der Waals surface area contributed by atoms with Gasteiger partial charge in [0.15, 0.2) is 0 Å². The lowest BCUT2D eigenvalue weighted by atomic mass is 9.73. The standard InChI is InChI=1S/C25H38N4OS/c1-6-10-29-15-17(26-25(30)28(8-3)9-4)13-18-19-11-16(7-2)12-21-23(19)20(14-22(18)29)24(27-21)31-5/h11-12,17-18,22,27H,6-10,13-15H2,1-5H3,(H,26,30)/t17-,18+,22+/m0/s1. The molecular formula is C25H38N4OS. The van der Waals surface area contributed by atoms with Crippen molar-refractivity contribution in [2.24, 2.45) is 0 Å². The van der Waals surface area contributed by atoms with E-state index in [4.69, 9.17) is 0 Å². The second-order valence-corrected chi connectivity index (χ2v) is 9.84. The van der Waals surface area contributed by atoms with Crippen LogP contribution in [-0.4, -0.2) is 65.3 Å². The molecule has 1 aromatic carbocycles. The van der Waals surface area contributed by atoms with Crippen molar-refractivity contribution in [3.8, 4) is 0 Å². The van der Waals surface area contributed by atoms with E-state index in [1.807, 2.05) is 30.5 Å². The Morgan fingerprint density at radius 2 is 2.03 bits per heavy atom. The molecule has 1 aliphatic carbocycles. The van der Waals surface area contributed by atoms with Crippen molar-refractivity contribution in [2.45, 2.75) is 76.4 Å². The molecule has 31 heavy (non-hydrogen) atoms. The van der Waals surface area contributed by atoms with E-state index < -0.39 is 0 Å². The minimum atomic E-state index is 0.0835. The van der Waals surface area contributed by atoms with Crippen molar-refractivity contribution < 1.29 is 4.79 Å². The summed E-state index contributed by atoms with van der Waals surface area (Å²) >= 11 is 1.84. The quantitative estimate of drug-likeness (QED) is 0.594. The van der Waals surface area contributed by atoms with E-state index in [0.29, 0.717) is 12.0 Å². The molecule has 3 atom stereocenters. The molecule has 0 unspecified atom stereocenters. The molecule has 170 valence electrons. The number of rotatable bonds is 7. The third kappa shape index (κ3) is 4.09. The number of aromatic nitrogens is 1. The van der Waals surface area contributed by atoms with Gasteiger partial charge >= 0.3 is 6.03 Å². The zero-order valence-electron chi connectivity index (χ0n) is 19.8. The molecule has 1 fully saturated rings. The van der Waals surface area contributed by atoms with Crippen LogP contribution in [-0.2, 0) is 12.8 Å². The Labute approximate surface area is 191 Å². The first-order valence-corrected chi connectivity index (χ1v) is 13.3. The summed E-state index contributed by atoms with van der Waals surface area (Å²) < 4.78 is 0. The maximum Gasteiger partial charge on any atom is 0.317 e. The Hall–Kier alpha value is -1.66. The number of carbonyl (C=O) groups excluding carboxylic acids is 1. The summed E-state index contributed by atoms with van der Waals surface area (Å²) in [6, 6.07) is 5.60. The van der Waals surface area contributed by atoms with Gasteiger partial charge in [0.1, 0.15) is 0 Å². The van der Waals surface area contributed by atoms with E-state index in [0.717, 1.165) is 51.9 Å². The van der Waals surface area contributed by atoms with Crippen LogP contribution in [0, 0.1) is 0 Å². The molecule has 2 heterocycles. The number of fused-ring (bicyclic) bond motifs is 2. The van der Waals surface area contributed by atoms with E-state index in [9.17, 15) is 4.79 Å². The molecule has 2 aromatic rings. The fourth-order valence-electron chi connectivity index (χ4n) is 5.79. The maximum atomic E-state index is 12.8. The topological polar surface area (TPSA) is 51.4 Å². The zero-order valence-corrected chi connectivity index (χ0v) is 20.6. The summed E-state index contributed by atoms with van der Waals surface area (Å²) in [5, 5.41) is 6.16. The molecule has 5 nitrogen and oxygen atoms in total. The molecule has 0 saturated carbocycles. The van der Waals surface area contributed by atoms with Crippen molar-refractivity contribution in [1.82, 2.24) is 20.1 Å². The molecule has 2 amide bonds. The molecule has 0 radical (unpaired) electrons. The molecule has 6 heteroatoms. The third-order valence-corrected chi connectivity index (χ3v) is 8.05. The molecule has 1 aliphatic heterocycles. The third-order valence-electron chi connectivity index (χ3n) is 7.29. The van der Waals surface area contributed by atoms with Gasteiger partial charge in [-0.1, -0.05) is 19.9 Å². The molecule has 1 saturated heterocycles. The Balaban J connectivity index is 1.72. The average Bonchev–Trinajstić information content (AvgIpc) is 3.13. The molecule has 2 N–H and O–H groups in total. The number of aryl methyl sites for hydroxylation is 1. The lowest BCUT2D eigenvalue weighted by Gasteiger charge is -2.47. The lowest BCUT2D eigenvalue weighted by Crippen LogP contribution is -2.57. The fraction of sp³-hybridized carbons (Fsp3) is 0.640. The number of nitrogens with one attached hydrogen (secondary N) is 2. The highest BCUT2D eigenvalue weighted by atomic mass is 32.2. The molecular weight excluding hydrogens is 404 g/mol. The van der Waals surface area contributed by atoms with Crippen LogP contribution in [0.25, 0.3) is 10.9 Å². The number of nitrogens with zero attached hydrogens (tertiary/aromatic N) is 2. The van der Waals surface area contributed by atoms with E-state index in [-0.39, 0.29) is 12.1 Å². The number of aromatic amines is 1. The van der Waals surface area contributed by atoms with E-state index in [1.165, 1.54) is 32.6 Å². The van der Waals surface area contributed by atoms with Crippen LogP contribution in [0.1, 0.15) is 63.1 Å². The number of thioether (sulfide) groups is 1. The summed E-state index contributed by atoms with van der Waals surface area (Å²) in [4.78, 5) is 21.1. The van der Waals surface area contributed by atoms with Gasteiger partial charge in [0.05, 0.1) is 5.03 Å². The van der Waals surface area contributed by atoms with E-state index in [2.05, 4.69) is 47.4 Å². The predicted octanol–water partition coefficient (Wildman–Crippen LogP) is 5.00. The number of hydrogen-bond acceptors (Lipinski definition) is 3. The minimum absolute atomic E-state index is 0.0835. The molecule has 1 aromatic heterocycles. The van der Waals surface area contributed by atoms with Crippen molar-refractivity contribution in [3.63, 3.8) is 0 Å². The van der Waals surface area contributed by atoms with E-state index in [1.54, 1.807) is 0 Å². The predicted molar refractivity (Wildman–Crippen MR) is 131 cm³/mol. The van der Waals surface area contributed by atoms with Gasteiger partial charge in [-0.2, -0.15) is 0 Å². The van der Waals surface area contributed by atoms with Gasteiger partial charge in [-0.3, -0.25) is 4.90 Å². The van der Waals surface area contributed by atoms with Crippen LogP contribution in [0.4, 0.5) is 4.79 Å². The van der Waals surface area contributed by atoms with Gasteiger partial charge in [-0.25, -0.2) is 4.79 Å². The van der Waals surface area contributed by atoms with Crippen LogP contribution in [0.5, 0.6) is 0 Å². The number of likely N-dealkylation sites (tertiary alicyclic amines) is 1. The lowest BCUT2D eigenvalue weighted by molar-refractivity contribution is 0.0975. The summed E-state index contributed by atoms with van der Waals surface area (Å²) in [5.74, 6) is 0.467. The minimum Gasteiger partial charge on any atom is -0.349 e. The summed E-state index contributed by atoms with van der Waals surface area (Å²) in [7, 11) is 0. The van der Waals surface area contributed by atoms with Gasteiger partial charge in [0, 0.05) is 48.5 Å². The molecule has 0 spiro atoms. The summed E-state index contributed by atoms with van der Waals surface area (Å²) in [6.45, 7) is 12.2. The van der Waals surface area contributed by atoms with Crippen LogP contribution >= 0.6 is 11.8 Å². The first-order chi connectivity index (χ1) is 15.0. The second-order valence-electron chi connectivity index (χ2n) is 9.03. The van der Waals surface area contributed by atoms with Gasteiger partial charge in [0.2, 0.25) is 0 Å². The average molecular weight is 443 g/mol. The van der Waals surface area contributed by atoms with Crippen LogP contribution in [0.15, 0.2) is 17.2 Å². The number of piperidine rings is 1. The second kappa shape index (κ2) is 9.45. The Kier molecular flexibility index (Phi) is 6.87. The van der Waals surface area contributed by atoms with Gasteiger partial charge in [-0.15, -0.1) is 11.8 Å². The van der Waals surface area contributed by atoms with Gasteiger partial charge in [0.25, 0.3) is 0 Å². The van der Waals surface area contributed by atoms with Gasteiger partial charge < -0.3 is 15.2 Å². The van der Waals surface area contributed by atoms with E-state index >= 15 is 0 Å². The Morgan fingerprint density at radius 3 is 2.68 bits per heavy atom. The van der Waals surface area contributed by atoms with Crippen molar-refractivity contribution in [1.29, 1.82) is 0 Å².